The number of amides is 1. The molecule has 2 saturated heterocycles. The van der Waals surface area contributed by atoms with Gasteiger partial charge in [0.2, 0.25) is 11.8 Å². The first kappa shape index (κ1) is 15.9. The van der Waals surface area contributed by atoms with Gasteiger partial charge in [-0.05, 0) is 19.8 Å². The van der Waals surface area contributed by atoms with Crippen molar-refractivity contribution < 1.29 is 13.9 Å². The Morgan fingerprint density at radius 1 is 1.31 bits per heavy atom. The number of carbonyl (C=O) groups is 1. The first-order chi connectivity index (χ1) is 12.6. The molecule has 5 rings (SSSR count). The summed E-state index contributed by atoms with van der Waals surface area (Å²) in [6.45, 7) is 4.41. The minimum absolute atomic E-state index is 0.0736. The number of nitrogens with zero attached hydrogens (tertiary/aromatic N) is 5. The van der Waals surface area contributed by atoms with Gasteiger partial charge in [-0.15, -0.1) is 10.2 Å². The number of rotatable bonds is 4. The van der Waals surface area contributed by atoms with Crippen molar-refractivity contribution in [1.82, 2.24) is 25.1 Å². The number of likely N-dealkylation sites (tertiary alicyclic amines) is 1. The lowest BCUT2D eigenvalue weighted by Gasteiger charge is -2.25. The lowest BCUT2D eigenvalue weighted by atomic mass is 9.78. The first-order valence-electron chi connectivity index (χ1n) is 9.11. The smallest absolute Gasteiger partial charge is 0.274 e. The van der Waals surface area contributed by atoms with Gasteiger partial charge in [-0.1, -0.05) is 0 Å². The second-order valence-electron chi connectivity index (χ2n) is 7.79. The summed E-state index contributed by atoms with van der Waals surface area (Å²) in [5, 5.41) is 8.42. The average Bonchev–Trinajstić information content (AvgIpc) is 3.11. The van der Waals surface area contributed by atoms with Gasteiger partial charge < -0.3 is 14.1 Å². The third-order valence-corrected chi connectivity index (χ3v) is 5.72. The molecule has 2 atom stereocenters. The standard InChI is InChI=1S/C18H21N5O3/c1-11-5-20-14(6-19-11)17(24)23-7-13-8-25-10-18(13,9-23)4-15-21-22-16(26-15)12-2-3-12/h5-6,12-13H,2-4,7-10H2,1H3/t13-,18+/m1/s1. The maximum atomic E-state index is 12.8. The van der Waals surface area contributed by atoms with Crippen LogP contribution in [0.25, 0.3) is 0 Å². The predicted octanol–water partition coefficient (Wildman–Crippen LogP) is 1.38. The van der Waals surface area contributed by atoms with Crippen molar-refractivity contribution in [2.75, 3.05) is 26.3 Å². The molecule has 8 heteroatoms. The zero-order valence-corrected chi connectivity index (χ0v) is 14.7. The van der Waals surface area contributed by atoms with Gasteiger partial charge >= 0.3 is 0 Å². The topological polar surface area (TPSA) is 94.2 Å². The van der Waals surface area contributed by atoms with Crippen molar-refractivity contribution in [3.05, 3.63) is 35.6 Å². The van der Waals surface area contributed by atoms with Crippen molar-refractivity contribution in [1.29, 1.82) is 0 Å². The zero-order chi connectivity index (χ0) is 17.7. The lowest BCUT2D eigenvalue weighted by Crippen LogP contribution is -2.35. The van der Waals surface area contributed by atoms with E-state index in [-0.39, 0.29) is 17.2 Å². The van der Waals surface area contributed by atoms with E-state index in [1.807, 2.05) is 11.8 Å². The van der Waals surface area contributed by atoms with E-state index in [4.69, 9.17) is 9.15 Å². The van der Waals surface area contributed by atoms with E-state index in [0.717, 1.165) is 24.4 Å². The quantitative estimate of drug-likeness (QED) is 0.817. The number of hydrogen-bond donors (Lipinski definition) is 0. The fraction of sp³-hybridized carbons (Fsp3) is 0.611. The van der Waals surface area contributed by atoms with E-state index < -0.39 is 0 Å². The van der Waals surface area contributed by atoms with Crippen LogP contribution in [-0.4, -0.2) is 57.3 Å². The fourth-order valence-electron chi connectivity index (χ4n) is 4.04. The van der Waals surface area contributed by atoms with Crippen LogP contribution in [0.15, 0.2) is 16.8 Å². The summed E-state index contributed by atoms with van der Waals surface area (Å²) in [6, 6.07) is 0. The van der Waals surface area contributed by atoms with Gasteiger partial charge in [-0.3, -0.25) is 9.78 Å². The van der Waals surface area contributed by atoms with E-state index in [1.165, 1.54) is 0 Å². The molecule has 136 valence electrons. The summed E-state index contributed by atoms with van der Waals surface area (Å²) >= 11 is 0. The van der Waals surface area contributed by atoms with Crippen LogP contribution in [0.5, 0.6) is 0 Å². The van der Waals surface area contributed by atoms with Gasteiger partial charge in [0.05, 0.1) is 25.1 Å². The Balaban J connectivity index is 1.34. The number of carbonyl (C=O) groups excluding carboxylic acids is 1. The molecule has 0 radical (unpaired) electrons. The van der Waals surface area contributed by atoms with E-state index in [0.29, 0.717) is 50.2 Å². The summed E-state index contributed by atoms with van der Waals surface area (Å²) in [4.78, 5) is 23.1. The van der Waals surface area contributed by atoms with Crippen LogP contribution in [0.4, 0.5) is 0 Å². The molecular formula is C18H21N5O3. The average molecular weight is 355 g/mol. The molecular weight excluding hydrogens is 334 g/mol. The number of fused-ring (bicyclic) bond motifs is 1. The second-order valence-corrected chi connectivity index (χ2v) is 7.79. The van der Waals surface area contributed by atoms with Crippen LogP contribution in [0.3, 0.4) is 0 Å². The minimum Gasteiger partial charge on any atom is -0.425 e. The highest BCUT2D eigenvalue weighted by Gasteiger charge is 2.53. The van der Waals surface area contributed by atoms with E-state index in [9.17, 15) is 4.79 Å². The summed E-state index contributed by atoms with van der Waals surface area (Å²) < 4.78 is 11.6. The van der Waals surface area contributed by atoms with Gasteiger partial charge in [0.25, 0.3) is 5.91 Å². The Labute approximate surface area is 151 Å². The molecule has 0 spiro atoms. The predicted molar refractivity (Wildman–Crippen MR) is 89.4 cm³/mol. The minimum atomic E-state index is -0.152. The first-order valence-corrected chi connectivity index (χ1v) is 9.11. The third kappa shape index (κ3) is 2.68. The molecule has 2 aromatic heterocycles. The van der Waals surface area contributed by atoms with Gasteiger partial charge in [-0.25, -0.2) is 4.98 Å². The Kier molecular flexibility index (Phi) is 3.56. The third-order valence-electron chi connectivity index (χ3n) is 5.72. The number of hydrogen-bond acceptors (Lipinski definition) is 7. The van der Waals surface area contributed by atoms with Crippen molar-refractivity contribution in [3.8, 4) is 0 Å². The molecule has 3 fully saturated rings. The van der Waals surface area contributed by atoms with E-state index in [1.54, 1.807) is 12.4 Å². The van der Waals surface area contributed by atoms with Crippen LogP contribution in [0.1, 0.15) is 46.7 Å². The lowest BCUT2D eigenvalue weighted by molar-refractivity contribution is 0.0708. The van der Waals surface area contributed by atoms with Crippen LogP contribution in [0.2, 0.25) is 0 Å². The van der Waals surface area contributed by atoms with Gasteiger partial charge in [0, 0.05) is 43.0 Å². The maximum Gasteiger partial charge on any atom is 0.274 e. The Hall–Kier alpha value is -2.35. The van der Waals surface area contributed by atoms with Gasteiger partial charge in [-0.2, -0.15) is 0 Å². The van der Waals surface area contributed by atoms with Crippen molar-refractivity contribution in [3.63, 3.8) is 0 Å². The molecule has 0 N–H and O–H groups in total. The van der Waals surface area contributed by atoms with Crippen LogP contribution in [0, 0.1) is 18.3 Å². The highest BCUT2D eigenvalue weighted by Crippen LogP contribution is 2.45. The molecule has 0 unspecified atom stereocenters. The molecule has 8 nitrogen and oxygen atoms in total. The van der Waals surface area contributed by atoms with Crippen LogP contribution < -0.4 is 0 Å². The largest absolute Gasteiger partial charge is 0.425 e. The van der Waals surface area contributed by atoms with Crippen molar-refractivity contribution in [2.24, 2.45) is 11.3 Å². The molecule has 3 aliphatic rings. The van der Waals surface area contributed by atoms with Crippen LogP contribution in [-0.2, 0) is 11.2 Å². The Bertz CT molecular complexity index is 832. The number of ether oxygens (including phenoxy) is 1. The molecule has 1 saturated carbocycles. The Morgan fingerprint density at radius 3 is 2.96 bits per heavy atom. The SMILES string of the molecule is Cc1cnc(C(=O)N2C[C@@H]3COC[C@]3(Cc3nnc(C4CC4)o3)C2)cn1. The van der Waals surface area contributed by atoms with Crippen molar-refractivity contribution >= 4 is 5.91 Å². The monoisotopic (exact) mass is 355 g/mol. The number of aryl methyl sites for hydroxylation is 1. The summed E-state index contributed by atoms with van der Waals surface area (Å²) in [5.41, 5.74) is 1.04. The second kappa shape index (κ2) is 5.84. The van der Waals surface area contributed by atoms with E-state index >= 15 is 0 Å². The van der Waals surface area contributed by atoms with Crippen LogP contribution >= 0.6 is 0 Å². The molecule has 26 heavy (non-hydrogen) atoms. The summed E-state index contributed by atoms with van der Waals surface area (Å²) in [5.74, 6) is 2.07. The summed E-state index contributed by atoms with van der Waals surface area (Å²) in [6.07, 6.45) is 6.10. The summed E-state index contributed by atoms with van der Waals surface area (Å²) in [7, 11) is 0. The molecule has 4 heterocycles. The molecule has 1 aliphatic carbocycles. The van der Waals surface area contributed by atoms with E-state index in [2.05, 4.69) is 20.2 Å². The Morgan fingerprint density at radius 2 is 2.19 bits per heavy atom. The molecule has 2 aromatic rings. The number of aromatic nitrogens is 4. The highest BCUT2D eigenvalue weighted by atomic mass is 16.5. The fourth-order valence-corrected chi connectivity index (χ4v) is 4.04. The van der Waals surface area contributed by atoms with Crippen molar-refractivity contribution in [2.45, 2.75) is 32.1 Å². The molecule has 0 aromatic carbocycles. The highest BCUT2D eigenvalue weighted by molar-refractivity contribution is 5.92. The zero-order valence-electron chi connectivity index (χ0n) is 14.7. The molecule has 0 bridgehead atoms. The van der Waals surface area contributed by atoms with Gasteiger partial charge in [0.1, 0.15) is 5.69 Å². The molecule has 2 aliphatic heterocycles. The van der Waals surface area contributed by atoms with Gasteiger partial charge in [0.15, 0.2) is 0 Å². The normalized spacial score (nSPS) is 27.7. The maximum absolute atomic E-state index is 12.8. The molecule has 1 amide bonds.